The zero-order valence-electron chi connectivity index (χ0n) is 12.9. The molecular weight excluding hydrogens is 312 g/mol. The van der Waals surface area contributed by atoms with Gasteiger partial charge in [0.25, 0.3) is 0 Å². The van der Waals surface area contributed by atoms with Gasteiger partial charge in [-0.1, -0.05) is 42.1 Å². The van der Waals surface area contributed by atoms with Crippen LogP contribution in [0.2, 0.25) is 0 Å². The number of thioether (sulfide) groups is 1. The molecule has 2 nitrogen and oxygen atoms in total. The Hall–Kier alpha value is -0.870. The van der Waals surface area contributed by atoms with Gasteiger partial charge in [-0.15, -0.1) is 0 Å². The van der Waals surface area contributed by atoms with Gasteiger partial charge in [0, 0.05) is 23.0 Å². The number of Topliss-reactive ketones (excluding diaryl/α,β-unsaturated/α-hetero) is 1. The van der Waals surface area contributed by atoms with E-state index >= 15 is 0 Å². The molecule has 4 heteroatoms. The molecule has 2 aliphatic carbocycles. The zero-order chi connectivity index (χ0) is 15.6. The minimum atomic E-state index is 0.0676. The Balaban J connectivity index is 1.66. The summed E-state index contributed by atoms with van der Waals surface area (Å²) in [6.45, 7) is 2.57. The molecule has 2 saturated carbocycles. The molecule has 0 N–H and O–H groups in total. The van der Waals surface area contributed by atoms with Gasteiger partial charge >= 0.3 is 0 Å². The Kier molecular flexibility index (Phi) is 4.88. The first-order valence-corrected chi connectivity index (χ1v) is 9.30. The number of rotatable bonds is 7. The highest BCUT2D eigenvalue weighted by Crippen LogP contribution is 2.63. The van der Waals surface area contributed by atoms with Gasteiger partial charge in [0.15, 0.2) is 0 Å². The van der Waals surface area contributed by atoms with Crippen molar-refractivity contribution < 1.29 is 9.53 Å². The molecule has 0 amide bonds. The molecule has 118 valence electrons. The van der Waals surface area contributed by atoms with Crippen molar-refractivity contribution in [2.24, 2.45) is 5.92 Å². The largest absolute Gasteiger partial charge is 0.479 e. The molecule has 2 fully saturated rings. The molecule has 0 radical (unpaired) electrons. The van der Waals surface area contributed by atoms with Crippen LogP contribution < -0.4 is 0 Å². The summed E-state index contributed by atoms with van der Waals surface area (Å²) in [4.78, 5) is 12.1. The maximum absolute atomic E-state index is 12.1. The Bertz CT molecular complexity index is 553. The Labute approximate surface area is 142 Å². The summed E-state index contributed by atoms with van der Waals surface area (Å²) in [5, 5.41) is 0. The van der Waals surface area contributed by atoms with Crippen molar-refractivity contribution in [3.8, 4) is 0 Å². The average molecular weight is 335 g/mol. The molecule has 0 heterocycles. The standard InChI is InChI=1S/C18H22O2S2/c1-2-20-17(21)22-18(11-10-16(19)14-8-9-14)12-15(18)13-6-4-3-5-7-13/h3-7,14-15H,2,8-12H2,1H3. The molecule has 3 rings (SSSR count). The molecular formula is C18H22O2S2. The molecule has 0 aromatic heterocycles. The van der Waals surface area contributed by atoms with Crippen molar-refractivity contribution in [2.75, 3.05) is 6.61 Å². The normalized spacial score (nSPS) is 26.5. The first-order valence-electron chi connectivity index (χ1n) is 8.08. The van der Waals surface area contributed by atoms with E-state index in [1.54, 1.807) is 11.8 Å². The molecule has 2 aliphatic rings. The van der Waals surface area contributed by atoms with Gasteiger partial charge < -0.3 is 4.74 Å². The summed E-state index contributed by atoms with van der Waals surface area (Å²) < 4.78 is 6.17. The van der Waals surface area contributed by atoms with E-state index in [9.17, 15) is 4.79 Å². The van der Waals surface area contributed by atoms with Crippen LogP contribution in [0.5, 0.6) is 0 Å². The summed E-state index contributed by atoms with van der Waals surface area (Å²) in [5.74, 6) is 1.29. The quantitative estimate of drug-likeness (QED) is 0.674. The fourth-order valence-electron chi connectivity index (χ4n) is 3.09. The predicted octanol–water partition coefficient (Wildman–Crippen LogP) is 4.73. The summed E-state index contributed by atoms with van der Waals surface area (Å²) in [6, 6.07) is 10.6. The van der Waals surface area contributed by atoms with Crippen molar-refractivity contribution in [1.29, 1.82) is 0 Å². The van der Waals surface area contributed by atoms with Crippen LogP contribution in [-0.2, 0) is 9.53 Å². The first-order chi connectivity index (χ1) is 10.6. The van der Waals surface area contributed by atoms with E-state index in [2.05, 4.69) is 24.3 Å². The number of hydrogen-bond acceptors (Lipinski definition) is 4. The van der Waals surface area contributed by atoms with Gasteiger partial charge in [-0.25, -0.2) is 0 Å². The minimum Gasteiger partial charge on any atom is -0.479 e. The van der Waals surface area contributed by atoms with Crippen LogP contribution in [0, 0.1) is 5.92 Å². The molecule has 2 unspecified atom stereocenters. The molecule has 0 aliphatic heterocycles. The van der Waals surface area contributed by atoms with Crippen LogP contribution in [0.15, 0.2) is 30.3 Å². The van der Waals surface area contributed by atoms with Gasteiger partial charge in [-0.2, -0.15) is 0 Å². The highest BCUT2D eigenvalue weighted by atomic mass is 32.2. The van der Waals surface area contributed by atoms with Gasteiger partial charge in [0.05, 0.1) is 6.61 Å². The SMILES string of the molecule is CCOC(=S)SC1(CCC(=O)C2CC2)CC1c1ccccc1. The third-order valence-corrected chi connectivity index (χ3v) is 6.32. The predicted molar refractivity (Wildman–Crippen MR) is 95.3 cm³/mol. The van der Waals surface area contributed by atoms with Crippen molar-refractivity contribution in [2.45, 2.75) is 49.7 Å². The minimum absolute atomic E-state index is 0.0676. The van der Waals surface area contributed by atoms with Crippen molar-refractivity contribution in [1.82, 2.24) is 0 Å². The van der Waals surface area contributed by atoms with E-state index < -0.39 is 0 Å². The smallest absolute Gasteiger partial charge is 0.220 e. The highest BCUT2D eigenvalue weighted by molar-refractivity contribution is 8.23. The molecule has 0 spiro atoms. The maximum atomic E-state index is 12.1. The number of ether oxygens (including phenoxy) is 1. The molecule has 22 heavy (non-hydrogen) atoms. The number of carbonyl (C=O) groups excluding carboxylic acids is 1. The summed E-state index contributed by atoms with van der Waals surface area (Å²) in [7, 11) is 0. The van der Waals surface area contributed by atoms with E-state index in [1.807, 2.05) is 13.0 Å². The van der Waals surface area contributed by atoms with Crippen LogP contribution in [0.4, 0.5) is 0 Å². The third kappa shape index (κ3) is 3.72. The van der Waals surface area contributed by atoms with Crippen LogP contribution in [-0.4, -0.2) is 21.5 Å². The van der Waals surface area contributed by atoms with Crippen LogP contribution >= 0.6 is 24.0 Å². The highest BCUT2D eigenvalue weighted by Gasteiger charge is 2.56. The lowest BCUT2D eigenvalue weighted by Gasteiger charge is -2.17. The fraction of sp³-hybridized carbons (Fsp3) is 0.556. The van der Waals surface area contributed by atoms with Gasteiger partial charge in [0.2, 0.25) is 4.38 Å². The van der Waals surface area contributed by atoms with Gasteiger partial charge in [-0.3, -0.25) is 4.79 Å². The van der Waals surface area contributed by atoms with E-state index in [1.165, 1.54) is 5.56 Å². The summed E-state index contributed by atoms with van der Waals surface area (Å²) >= 11 is 7.02. The maximum Gasteiger partial charge on any atom is 0.220 e. The van der Waals surface area contributed by atoms with E-state index in [0.29, 0.717) is 35.0 Å². The number of carbonyl (C=O) groups is 1. The summed E-state index contributed by atoms with van der Waals surface area (Å²) in [5.41, 5.74) is 1.35. The van der Waals surface area contributed by atoms with E-state index in [-0.39, 0.29) is 4.75 Å². The number of benzene rings is 1. The Morgan fingerprint density at radius 1 is 1.36 bits per heavy atom. The second-order valence-electron chi connectivity index (χ2n) is 6.26. The Morgan fingerprint density at radius 2 is 2.09 bits per heavy atom. The van der Waals surface area contributed by atoms with Crippen LogP contribution in [0.3, 0.4) is 0 Å². The van der Waals surface area contributed by atoms with Crippen molar-refractivity contribution in [3.63, 3.8) is 0 Å². The molecule has 2 atom stereocenters. The number of hydrogen-bond donors (Lipinski definition) is 0. The number of thiocarbonyl (C=S) groups is 1. The van der Waals surface area contributed by atoms with Crippen LogP contribution in [0.25, 0.3) is 0 Å². The molecule has 1 aromatic carbocycles. The second kappa shape index (κ2) is 6.71. The lowest BCUT2D eigenvalue weighted by Crippen LogP contribution is -2.14. The number of ketones is 1. The van der Waals surface area contributed by atoms with Crippen LogP contribution in [0.1, 0.15) is 50.5 Å². The van der Waals surface area contributed by atoms with E-state index in [0.717, 1.165) is 25.7 Å². The molecule has 1 aromatic rings. The third-order valence-electron chi connectivity index (χ3n) is 4.60. The van der Waals surface area contributed by atoms with E-state index in [4.69, 9.17) is 17.0 Å². The lowest BCUT2D eigenvalue weighted by atomic mass is 10.0. The second-order valence-corrected chi connectivity index (χ2v) is 8.28. The zero-order valence-corrected chi connectivity index (χ0v) is 14.6. The fourth-order valence-corrected chi connectivity index (χ4v) is 4.95. The topological polar surface area (TPSA) is 26.3 Å². The Morgan fingerprint density at radius 3 is 2.73 bits per heavy atom. The first kappa shape index (κ1) is 16.0. The average Bonchev–Trinajstić information content (AvgIpc) is 3.41. The summed E-state index contributed by atoms with van der Waals surface area (Å²) in [6.07, 6.45) is 4.89. The lowest BCUT2D eigenvalue weighted by molar-refractivity contribution is -0.120. The van der Waals surface area contributed by atoms with Gasteiger partial charge in [-0.05, 0) is 50.4 Å². The molecule has 0 saturated heterocycles. The monoisotopic (exact) mass is 334 g/mol. The van der Waals surface area contributed by atoms with Crippen molar-refractivity contribution >= 4 is 34.1 Å². The van der Waals surface area contributed by atoms with Gasteiger partial charge in [0.1, 0.15) is 5.78 Å². The molecule has 0 bridgehead atoms. The van der Waals surface area contributed by atoms with Crippen molar-refractivity contribution in [3.05, 3.63) is 35.9 Å².